The summed E-state index contributed by atoms with van der Waals surface area (Å²) in [5, 5.41) is 0. The number of anilines is 1. The number of pyridine rings is 2. The highest BCUT2D eigenvalue weighted by molar-refractivity contribution is 5.74. The molecule has 1 fully saturated rings. The van der Waals surface area contributed by atoms with Crippen LogP contribution in [0.2, 0.25) is 0 Å². The van der Waals surface area contributed by atoms with Gasteiger partial charge in [-0.25, -0.2) is 0 Å². The zero-order valence-electron chi connectivity index (χ0n) is 14.5. The van der Waals surface area contributed by atoms with Crippen molar-refractivity contribution in [2.45, 2.75) is 19.3 Å². The Labute approximate surface area is 148 Å². The summed E-state index contributed by atoms with van der Waals surface area (Å²) in [5.74, 6) is 0.175. The summed E-state index contributed by atoms with van der Waals surface area (Å²) in [6.07, 6.45) is 5.68. The zero-order chi connectivity index (χ0) is 17.6. The van der Waals surface area contributed by atoms with Crippen molar-refractivity contribution in [2.24, 2.45) is 5.92 Å². The van der Waals surface area contributed by atoms with Gasteiger partial charge in [-0.15, -0.1) is 0 Å². The minimum Gasteiger partial charge on any atom is -0.465 e. The lowest BCUT2D eigenvalue weighted by molar-refractivity contribution is -0.144. The smallest absolute Gasteiger partial charge is 0.311 e. The van der Waals surface area contributed by atoms with Crippen molar-refractivity contribution in [2.75, 3.05) is 32.5 Å². The molecule has 6 nitrogen and oxygen atoms in total. The van der Waals surface area contributed by atoms with Gasteiger partial charge in [0.25, 0.3) is 0 Å². The Bertz CT molecular complexity index is 713. The second-order valence-corrected chi connectivity index (χ2v) is 6.58. The molecule has 0 aliphatic carbocycles. The molecule has 0 bridgehead atoms. The topological polar surface area (TPSA) is 81.3 Å². The fourth-order valence-electron chi connectivity index (χ4n) is 2.96. The molecule has 2 aromatic rings. The maximum absolute atomic E-state index is 12.2. The van der Waals surface area contributed by atoms with E-state index in [1.165, 1.54) is 0 Å². The van der Waals surface area contributed by atoms with E-state index in [9.17, 15) is 4.79 Å². The van der Waals surface area contributed by atoms with Crippen molar-refractivity contribution < 1.29 is 9.53 Å². The molecule has 0 spiro atoms. The first-order valence-electron chi connectivity index (χ1n) is 8.62. The van der Waals surface area contributed by atoms with E-state index in [2.05, 4.69) is 21.9 Å². The average Bonchev–Trinajstić information content (AvgIpc) is 2.64. The molecular weight excluding hydrogens is 316 g/mol. The van der Waals surface area contributed by atoms with Crippen LogP contribution >= 0.6 is 0 Å². The lowest BCUT2D eigenvalue weighted by atomic mass is 9.98. The molecule has 6 heteroatoms. The quantitative estimate of drug-likeness (QED) is 0.840. The number of carbonyl (C=O) groups is 1. The molecule has 0 amide bonds. The van der Waals surface area contributed by atoms with Crippen molar-refractivity contribution in [1.82, 2.24) is 14.9 Å². The van der Waals surface area contributed by atoms with E-state index in [-0.39, 0.29) is 12.4 Å². The molecule has 2 N–H and O–H groups in total. The van der Waals surface area contributed by atoms with E-state index in [1.54, 1.807) is 18.5 Å². The van der Waals surface area contributed by atoms with Gasteiger partial charge in [0.1, 0.15) is 0 Å². The number of hydrogen-bond donors (Lipinski definition) is 1. The van der Waals surface area contributed by atoms with Crippen molar-refractivity contribution >= 4 is 11.7 Å². The number of nitrogens with zero attached hydrogens (tertiary/aromatic N) is 3. The minimum absolute atomic E-state index is 0.0898. The molecule has 3 heterocycles. The molecule has 132 valence electrons. The highest BCUT2D eigenvalue weighted by Gasteiger charge is 2.19. The van der Waals surface area contributed by atoms with Crippen molar-refractivity contribution in [1.29, 1.82) is 0 Å². The van der Waals surface area contributed by atoms with Gasteiger partial charge < -0.3 is 15.4 Å². The summed E-state index contributed by atoms with van der Waals surface area (Å²) in [7, 11) is 2.12. The predicted molar refractivity (Wildman–Crippen MR) is 96.8 cm³/mol. The summed E-state index contributed by atoms with van der Waals surface area (Å²) >= 11 is 0. The fraction of sp³-hybridized carbons (Fsp3) is 0.421. The monoisotopic (exact) mass is 340 g/mol. The highest BCUT2D eigenvalue weighted by Crippen LogP contribution is 2.20. The van der Waals surface area contributed by atoms with Gasteiger partial charge in [-0.2, -0.15) is 0 Å². The minimum atomic E-state index is -0.276. The molecule has 0 unspecified atom stereocenters. The van der Waals surface area contributed by atoms with Crippen LogP contribution in [-0.2, 0) is 16.0 Å². The van der Waals surface area contributed by atoms with Crippen LogP contribution in [0.1, 0.15) is 18.5 Å². The molecule has 0 aromatic carbocycles. The lowest BCUT2D eigenvalue weighted by Crippen LogP contribution is -2.32. The Morgan fingerprint density at radius 3 is 2.84 bits per heavy atom. The Hall–Kier alpha value is -2.47. The third kappa shape index (κ3) is 4.76. The van der Waals surface area contributed by atoms with Gasteiger partial charge >= 0.3 is 5.97 Å². The first-order chi connectivity index (χ1) is 12.1. The summed E-state index contributed by atoms with van der Waals surface area (Å²) in [6, 6.07) is 7.38. The van der Waals surface area contributed by atoms with E-state index in [0.717, 1.165) is 37.2 Å². The highest BCUT2D eigenvalue weighted by atomic mass is 16.5. The number of hydrogen-bond acceptors (Lipinski definition) is 6. The number of piperidine rings is 1. The fourth-order valence-corrected chi connectivity index (χ4v) is 2.96. The number of ether oxygens (including phenoxy) is 1. The molecule has 0 radical (unpaired) electrons. The number of aromatic nitrogens is 2. The van der Waals surface area contributed by atoms with E-state index < -0.39 is 0 Å². The van der Waals surface area contributed by atoms with Crippen LogP contribution in [0.3, 0.4) is 0 Å². The van der Waals surface area contributed by atoms with E-state index in [0.29, 0.717) is 23.9 Å². The van der Waals surface area contributed by atoms with Crippen LogP contribution in [-0.4, -0.2) is 47.6 Å². The van der Waals surface area contributed by atoms with Gasteiger partial charge in [0, 0.05) is 18.0 Å². The molecule has 1 aliphatic heterocycles. The average molecular weight is 340 g/mol. The van der Waals surface area contributed by atoms with Crippen LogP contribution < -0.4 is 5.73 Å². The summed E-state index contributed by atoms with van der Waals surface area (Å²) in [6.45, 7) is 2.60. The lowest BCUT2D eigenvalue weighted by Gasteiger charge is -2.28. The zero-order valence-corrected chi connectivity index (χ0v) is 14.5. The van der Waals surface area contributed by atoms with Gasteiger partial charge in [0.15, 0.2) is 0 Å². The Morgan fingerprint density at radius 1 is 1.32 bits per heavy atom. The van der Waals surface area contributed by atoms with Crippen LogP contribution in [0.15, 0.2) is 36.7 Å². The number of nitrogen functional groups attached to an aromatic ring is 1. The summed E-state index contributed by atoms with van der Waals surface area (Å²) < 4.78 is 5.46. The molecule has 0 atom stereocenters. The number of likely N-dealkylation sites (tertiary alicyclic amines) is 1. The van der Waals surface area contributed by atoms with Crippen molar-refractivity contribution in [3.05, 3.63) is 42.4 Å². The first kappa shape index (κ1) is 17.4. The number of esters is 1. The van der Waals surface area contributed by atoms with Gasteiger partial charge in [-0.1, -0.05) is 0 Å². The van der Waals surface area contributed by atoms with Crippen LogP contribution in [0.5, 0.6) is 0 Å². The van der Waals surface area contributed by atoms with Gasteiger partial charge in [-0.3, -0.25) is 14.8 Å². The van der Waals surface area contributed by atoms with Crippen LogP contribution in [0.4, 0.5) is 5.69 Å². The maximum Gasteiger partial charge on any atom is 0.311 e. The SMILES string of the molecule is CN1CCC(COC(=O)Cc2nc(-c3cccnc3)ccc2N)CC1. The van der Waals surface area contributed by atoms with E-state index >= 15 is 0 Å². The first-order valence-corrected chi connectivity index (χ1v) is 8.62. The third-order valence-electron chi connectivity index (χ3n) is 4.60. The molecule has 25 heavy (non-hydrogen) atoms. The van der Waals surface area contributed by atoms with Gasteiger partial charge in [0.2, 0.25) is 0 Å². The molecule has 0 saturated carbocycles. The second-order valence-electron chi connectivity index (χ2n) is 6.58. The van der Waals surface area contributed by atoms with E-state index in [4.69, 9.17) is 10.5 Å². The van der Waals surface area contributed by atoms with E-state index in [1.807, 2.05) is 18.2 Å². The Kier molecular flexibility index (Phi) is 5.60. The normalized spacial score (nSPS) is 15.9. The molecule has 3 rings (SSSR count). The molecule has 1 saturated heterocycles. The molecule has 1 aliphatic rings. The standard InChI is InChI=1S/C19H24N4O2/c1-23-9-6-14(7-10-23)13-25-19(24)11-18-16(20)4-5-17(22-18)15-3-2-8-21-12-15/h2-5,8,12,14H,6-7,9-11,13,20H2,1H3. The summed E-state index contributed by atoms with van der Waals surface area (Å²) in [5.41, 5.74) is 8.68. The number of nitrogens with two attached hydrogens (primary N) is 1. The van der Waals surface area contributed by atoms with Gasteiger partial charge in [-0.05, 0) is 63.2 Å². The molecular formula is C19H24N4O2. The van der Waals surface area contributed by atoms with Crippen LogP contribution in [0, 0.1) is 5.92 Å². The third-order valence-corrected chi connectivity index (χ3v) is 4.60. The maximum atomic E-state index is 12.2. The predicted octanol–water partition coefficient (Wildman–Crippen LogP) is 2.15. The Morgan fingerprint density at radius 2 is 2.12 bits per heavy atom. The van der Waals surface area contributed by atoms with Crippen molar-refractivity contribution in [3.8, 4) is 11.3 Å². The van der Waals surface area contributed by atoms with Gasteiger partial charge in [0.05, 0.1) is 30.1 Å². The number of rotatable bonds is 5. The second kappa shape index (κ2) is 8.07. The number of carbonyl (C=O) groups excluding carboxylic acids is 1. The van der Waals surface area contributed by atoms with Crippen molar-refractivity contribution in [3.63, 3.8) is 0 Å². The largest absolute Gasteiger partial charge is 0.465 e. The summed E-state index contributed by atoms with van der Waals surface area (Å²) in [4.78, 5) is 23.1. The molecule has 2 aromatic heterocycles. The van der Waals surface area contributed by atoms with Crippen LogP contribution in [0.25, 0.3) is 11.3 Å². The Balaban J connectivity index is 1.59.